The highest BCUT2D eigenvalue weighted by Crippen LogP contribution is 2.12. The van der Waals surface area contributed by atoms with Crippen LogP contribution in [0.1, 0.15) is 18.9 Å². The van der Waals surface area contributed by atoms with E-state index < -0.39 is 0 Å². The molecule has 94 valence electrons. The molecular weight excluding hydrogens is 244 g/mol. The highest BCUT2D eigenvalue weighted by atomic mass is 35.5. The lowest BCUT2D eigenvalue weighted by atomic mass is 10.1. The molecule has 1 N–H and O–H groups in total. The van der Waals surface area contributed by atoms with Crippen LogP contribution in [0.2, 0.25) is 5.02 Å². The summed E-state index contributed by atoms with van der Waals surface area (Å²) in [4.78, 5) is 4.23. The number of nitrogens with one attached hydrogen (secondary N) is 1. The monoisotopic (exact) mass is 260 g/mol. The summed E-state index contributed by atoms with van der Waals surface area (Å²) in [5.41, 5.74) is 1.37. The van der Waals surface area contributed by atoms with Crippen molar-refractivity contribution in [1.82, 2.24) is 4.98 Å². The molecule has 0 radical (unpaired) electrons. The van der Waals surface area contributed by atoms with Gasteiger partial charge in [-0.3, -0.25) is 0 Å². The predicted octanol–water partition coefficient (Wildman–Crippen LogP) is 4.17. The van der Waals surface area contributed by atoms with Gasteiger partial charge in [0.2, 0.25) is 0 Å². The number of benzene rings is 1. The highest BCUT2D eigenvalue weighted by molar-refractivity contribution is 6.30. The quantitative estimate of drug-likeness (QED) is 0.873. The normalized spacial score (nSPS) is 12.1. The van der Waals surface area contributed by atoms with Crippen molar-refractivity contribution in [3.05, 3.63) is 59.2 Å². The topological polar surface area (TPSA) is 24.9 Å². The van der Waals surface area contributed by atoms with Crippen molar-refractivity contribution in [2.24, 2.45) is 0 Å². The zero-order valence-electron chi connectivity index (χ0n) is 10.4. The fraction of sp³-hybridized carbons (Fsp3) is 0.267. The van der Waals surface area contributed by atoms with Gasteiger partial charge in [0, 0.05) is 12.2 Å². The van der Waals surface area contributed by atoms with Crippen LogP contribution in [0.15, 0.2) is 48.7 Å². The van der Waals surface area contributed by atoms with Crippen molar-refractivity contribution in [2.75, 3.05) is 5.32 Å². The van der Waals surface area contributed by atoms with Gasteiger partial charge in [-0.1, -0.05) is 41.9 Å². The molecular formula is C15H17ClN2. The molecule has 0 bridgehead atoms. The standard InChI is InChI=1S/C15H17ClN2/c1-12(7-8-13-5-3-2-4-6-13)18-15-10-9-14(16)11-17-15/h2-6,9-12H,7-8H2,1H3,(H,17,18). The number of hydrogen-bond donors (Lipinski definition) is 1. The molecule has 1 aromatic carbocycles. The fourth-order valence-electron chi connectivity index (χ4n) is 1.81. The SMILES string of the molecule is CC(CCc1ccccc1)Nc1ccc(Cl)cn1. The Bertz CT molecular complexity index is 468. The first-order valence-electron chi connectivity index (χ1n) is 6.16. The van der Waals surface area contributed by atoms with Gasteiger partial charge in [0.05, 0.1) is 5.02 Å². The van der Waals surface area contributed by atoms with E-state index in [0.717, 1.165) is 18.7 Å². The summed E-state index contributed by atoms with van der Waals surface area (Å²) in [6, 6.07) is 14.7. The van der Waals surface area contributed by atoms with E-state index in [0.29, 0.717) is 11.1 Å². The van der Waals surface area contributed by atoms with Gasteiger partial charge >= 0.3 is 0 Å². The molecule has 2 aromatic rings. The van der Waals surface area contributed by atoms with Crippen molar-refractivity contribution in [2.45, 2.75) is 25.8 Å². The van der Waals surface area contributed by atoms with Crippen LogP contribution in [0.5, 0.6) is 0 Å². The zero-order chi connectivity index (χ0) is 12.8. The molecule has 0 saturated heterocycles. The van der Waals surface area contributed by atoms with Crippen LogP contribution in [0.4, 0.5) is 5.82 Å². The number of halogens is 1. The molecule has 1 heterocycles. The van der Waals surface area contributed by atoms with Crippen LogP contribution in [0, 0.1) is 0 Å². The predicted molar refractivity (Wildman–Crippen MR) is 77.1 cm³/mol. The molecule has 18 heavy (non-hydrogen) atoms. The van der Waals surface area contributed by atoms with Gasteiger partial charge in [0.15, 0.2) is 0 Å². The Kier molecular flexibility index (Phi) is 4.59. The van der Waals surface area contributed by atoms with Crippen molar-refractivity contribution in [3.63, 3.8) is 0 Å². The van der Waals surface area contributed by atoms with Crippen molar-refractivity contribution < 1.29 is 0 Å². The summed E-state index contributed by atoms with van der Waals surface area (Å²) in [5.74, 6) is 0.875. The molecule has 1 aromatic heterocycles. The third-order valence-corrected chi connectivity index (χ3v) is 3.05. The Hall–Kier alpha value is -1.54. The lowest BCUT2D eigenvalue weighted by Crippen LogP contribution is -2.16. The molecule has 0 spiro atoms. The number of rotatable bonds is 5. The first-order valence-corrected chi connectivity index (χ1v) is 6.54. The van der Waals surface area contributed by atoms with Crippen LogP contribution in [0.3, 0.4) is 0 Å². The second kappa shape index (κ2) is 6.41. The maximum atomic E-state index is 5.80. The molecule has 0 amide bonds. The second-order valence-electron chi connectivity index (χ2n) is 4.43. The number of aryl methyl sites for hydroxylation is 1. The molecule has 0 aliphatic heterocycles. The number of aromatic nitrogens is 1. The average molecular weight is 261 g/mol. The van der Waals surface area contributed by atoms with E-state index in [1.165, 1.54) is 5.56 Å². The third-order valence-electron chi connectivity index (χ3n) is 2.83. The maximum Gasteiger partial charge on any atom is 0.126 e. The number of pyridine rings is 1. The Morgan fingerprint density at radius 3 is 2.61 bits per heavy atom. The van der Waals surface area contributed by atoms with Gasteiger partial charge < -0.3 is 5.32 Å². The summed E-state index contributed by atoms with van der Waals surface area (Å²) in [7, 11) is 0. The van der Waals surface area contributed by atoms with Crippen LogP contribution in [-0.4, -0.2) is 11.0 Å². The highest BCUT2D eigenvalue weighted by Gasteiger charge is 2.03. The molecule has 0 aliphatic carbocycles. The Morgan fingerprint density at radius 1 is 1.17 bits per heavy atom. The largest absolute Gasteiger partial charge is 0.368 e. The molecule has 3 heteroatoms. The van der Waals surface area contributed by atoms with E-state index in [-0.39, 0.29) is 0 Å². The number of hydrogen-bond acceptors (Lipinski definition) is 2. The fourth-order valence-corrected chi connectivity index (χ4v) is 1.93. The average Bonchev–Trinajstić information content (AvgIpc) is 2.40. The first kappa shape index (κ1) is 12.9. The summed E-state index contributed by atoms with van der Waals surface area (Å²) in [6.45, 7) is 2.17. The van der Waals surface area contributed by atoms with Crippen molar-refractivity contribution >= 4 is 17.4 Å². The van der Waals surface area contributed by atoms with E-state index in [1.54, 1.807) is 6.20 Å². The molecule has 0 saturated carbocycles. The lowest BCUT2D eigenvalue weighted by Gasteiger charge is -2.14. The summed E-state index contributed by atoms with van der Waals surface area (Å²) < 4.78 is 0. The van der Waals surface area contributed by atoms with Crippen LogP contribution < -0.4 is 5.32 Å². The van der Waals surface area contributed by atoms with Crippen LogP contribution in [-0.2, 0) is 6.42 Å². The maximum absolute atomic E-state index is 5.80. The Balaban J connectivity index is 1.82. The first-order chi connectivity index (χ1) is 8.74. The van der Waals surface area contributed by atoms with E-state index >= 15 is 0 Å². The van der Waals surface area contributed by atoms with Crippen molar-refractivity contribution in [3.8, 4) is 0 Å². The van der Waals surface area contributed by atoms with E-state index in [9.17, 15) is 0 Å². The third kappa shape index (κ3) is 4.04. The van der Waals surface area contributed by atoms with Gasteiger partial charge in [0.25, 0.3) is 0 Å². The molecule has 2 nitrogen and oxygen atoms in total. The summed E-state index contributed by atoms with van der Waals surface area (Å²) in [5, 5.41) is 4.03. The molecule has 0 aliphatic rings. The van der Waals surface area contributed by atoms with Gasteiger partial charge in [0.1, 0.15) is 5.82 Å². The summed E-state index contributed by atoms with van der Waals surface area (Å²) >= 11 is 5.80. The lowest BCUT2D eigenvalue weighted by molar-refractivity contribution is 0.703. The van der Waals surface area contributed by atoms with E-state index in [2.05, 4.69) is 41.5 Å². The number of nitrogens with zero attached hydrogens (tertiary/aromatic N) is 1. The van der Waals surface area contributed by atoms with E-state index in [1.807, 2.05) is 18.2 Å². The molecule has 1 atom stereocenters. The minimum absolute atomic E-state index is 0.388. The molecule has 0 fully saturated rings. The van der Waals surface area contributed by atoms with Gasteiger partial charge in [-0.05, 0) is 37.5 Å². The smallest absolute Gasteiger partial charge is 0.126 e. The second-order valence-corrected chi connectivity index (χ2v) is 4.87. The zero-order valence-corrected chi connectivity index (χ0v) is 11.2. The van der Waals surface area contributed by atoms with Crippen LogP contribution >= 0.6 is 11.6 Å². The van der Waals surface area contributed by atoms with Gasteiger partial charge in [-0.2, -0.15) is 0 Å². The van der Waals surface area contributed by atoms with Gasteiger partial charge in [-0.25, -0.2) is 4.98 Å². The summed E-state index contributed by atoms with van der Waals surface area (Å²) in [6.07, 6.45) is 3.81. The van der Waals surface area contributed by atoms with Crippen LogP contribution in [0.25, 0.3) is 0 Å². The Morgan fingerprint density at radius 2 is 1.94 bits per heavy atom. The van der Waals surface area contributed by atoms with Gasteiger partial charge in [-0.15, -0.1) is 0 Å². The molecule has 2 rings (SSSR count). The van der Waals surface area contributed by atoms with E-state index in [4.69, 9.17) is 11.6 Å². The van der Waals surface area contributed by atoms with Crippen molar-refractivity contribution in [1.29, 1.82) is 0 Å². The molecule has 1 unspecified atom stereocenters. The minimum Gasteiger partial charge on any atom is -0.368 e. The Labute approximate surface area is 113 Å². The number of anilines is 1. The minimum atomic E-state index is 0.388.